The third-order valence-corrected chi connectivity index (χ3v) is 6.23. The fourth-order valence-corrected chi connectivity index (χ4v) is 4.85. The summed E-state index contributed by atoms with van der Waals surface area (Å²) in [6.07, 6.45) is 2.56. The van der Waals surface area contributed by atoms with Crippen LogP contribution in [0.5, 0.6) is 0 Å². The van der Waals surface area contributed by atoms with E-state index in [1.807, 2.05) is 42.2 Å². The summed E-state index contributed by atoms with van der Waals surface area (Å²) in [7, 11) is 0. The molecule has 1 aliphatic heterocycles. The molecule has 0 bridgehead atoms. The van der Waals surface area contributed by atoms with Gasteiger partial charge in [0.15, 0.2) is 4.34 Å². The van der Waals surface area contributed by atoms with Crippen LogP contribution >= 0.6 is 23.1 Å². The van der Waals surface area contributed by atoms with E-state index < -0.39 is 0 Å². The maximum absolute atomic E-state index is 12.8. The van der Waals surface area contributed by atoms with Crippen LogP contribution < -0.4 is 10.2 Å². The van der Waals surface area contributed by atoms with Gasteiger partial charge in [-0.15, -0.1) is 10.2 Å². The van der Waals surface area contributed by atoms with Gasteiger partial charge in [0.1, 0.15) is 5.76 Å². The summed E-state index contributed by atoms with van der Waals surface area (Å²) in [5, 5.41) is 12.0. The first kappa shape index (κ1) is 17.1. The van der Waals surface area contributed by atoms with Gasteiger partial charge in [-0.2, -0.15) is 0 Å². The lowest BCUT2D eigenvalue weighted by molar-refractivity contribution is -0.117. The molecule has 0 saturated carbocycles. The predicted octanol–water partition coefficient (Wildman–Crippen LogP) is 3.81. The molecule has 1 atom stereocenters. The van der Waals surface area contributed by atoms with E-state index in [0.29, 0.717) is 6.54 Å². The molecule has 1 unspecified atom stereocenters. The Kier molecular flexibility index (Phi) is 4.94. The molecule has 4 rings (SSSR count). The second kappa shape index (κ2) is 7.51. The second-order valence-corrected chi connectivity index (χ2v) is 8.50. The molecule has 0 fully saturated rings. The highest BCUT2D eigenvalue weighted by Crippen LogP contribution is 2.33. The molecule has 0 spiro atoms. The number of hydrogen-bond acceptors (Lipinski definition) is 7. The Morgan fingerprint density at radius 3 is 3.08 bits per heavy atom. The number of anilines is 2. The number of para-hydroxylation sites is 1. The molecule has 2 aromatic heterocycles. The van der Waals surface area contributed by atoms with Crippen molar-refractivity contribution in [3.05, 3.63) is 54.0 Å². The molecule has 1 aromatic carbocycles. The standard InChI is InChI=1S/C18H18N4O2S2/c1-12(16(23)22-9-8-13-5-2-3-7-15(13)22)25-18-21-20-17(26-18)19-11-14-6-4-10-24-14/h2-7,10,12H,8-9,11H2,1H3,(H,19,20). The first-order valence-electron chi connectivity index (χ1n) is 8.36. The fraction of sp³-hybridized carbons (Fsp3) is 0.278. The van der Waals surface area contributed by atoms with Crippen LogP contribution in [-0.2, 0) is 17.8 Å². The van der Waals surface area contributed by atoms with E-state index in [9.17, 15) is 4.79 Å². The molecule has 8 heteroatoms. The normalized spacial score (nSPS) is 14.3. The Morgan fingerprint density at radius 2 is 2.23 bits per heavy atom. The Labute approximate surface area is 159 Å². The van der Waals surface area contributed by atoms with Crippen molar-refractivity contribution >= 4 is 39.8 Å². The average Bonchev–Trinajstić information content (AvgIpc) is 3.40. The topological polar surface area (TPSA) is 71.3 Å². The number of amides is 1. The Hall–Kier alpha value is -2.32. The summed E-state index contributed by atoms with van der Waals surface area (Å²) in [6.45, 7) is 3.23. The van der Waals surface area contributed by atoms with Crippen molar-refractivity contribution in [3.63, 3.8) is 0 Å². The molecule has 0 saturated heterocycles. The molecule has 1 N–H and O–H groups in total. The highest BCUT2D eigenvalue weighted by molar-refractivity contribution is 8.02. The summed E-state index contributed by atoms with van der Waals surface area (Å²) in [6, 6.07) is 11.8. The number of carbonyl (C=O) groups is 1. The molecule has 1 aliphatic rings. The zero-order chi connectivity index (χ0) is 17.9. The average molecular weight is 387 g/mol. The molecule has 26 heavy (non-hydrogen) atoms. The summed E-state index contributed by atoms with van der Waals surface area (Å²) < 4.78 is 6.06. The zero-order valence-electron chi connectivity index (χ0n) is 14.2. The van der Waals surface area contributed by atoms with Gasteiger partial charge in [0.2, 0.25) is 11.0 Å². The third kappa shape index (κ3) is 3.61. The molecule has 134 valence electrons. The number of benzene rings is 1. The molecular weight excluding hydrogens is 368 g/mol. The number of nitrogens with one attached hydrogen (secondary N) is 1. The largest absolute Gasteiger partial charge is 0.467 e. The SMILES string of the molecule is CC(Sc1nnc(NCc2ccco2)s1)C(=O)N1CCc2ccccc21. The lowest BCUT2D eigenvalue weighted by atomic mass is 10.2. The van der Waals surface area contributed by atoms with Gasteiger partial charge >= 0.3 is 0 Å². The maximum Gasteiger partial charge on any atom is 0.240 e. The first-order valence-corrected chi connectivity index (χ1v) is 10.1. The second-order valence-electron chi connectivity index (χ2n) is 5.93. The highest BCUT2D eigenvalue weighted by Gasteiger charge is 2.28. The van der Waals surface area contributed by atoms with Crippen LogP contribution in [-0.4, -0.2) is 27.9 Å². The third-order valence-electron chi connectivity index (χ3n) is 4.18. The Bertz CT molecular complexity index is 894. The summed E-state index contributed by atoms with van der Waals surface area (Å²) in [5.74, 6) is 0.950. The van der Waals surface area contributed by atoms with Crippen LogP contribution in [0, 0.1) is 0 Å². The highest BCUT2D eigenvalue weighted by atomic mass is 32.2. The molecule has 6 nitrogen and oxygen atoms in total. The van der Waals surface area contributed by atoms with Gasteiger partial charge in [0, 0.05) is 12.2 Å². The monoisotopic (exact) mass is 386 g/mol. The van der Waals surface area contributed by atoms with E-state index in [-0.39, 0.29) is 11.2 Å². The fourth-order valence-electron chi connectivity index (χ4n) is 2.89. The van der Waals surface area contributed by atoms with E-state index in [2.05, 4.69) is 21.6 Å². The minimum Gasteiger partial charge on any atom is -0.467 e. The molecular formula is C18H18N4O2S2. The number of furan rings is 1. The van der Waals surface area contributed by atoms with Crippen LogP contribution in [0.2, 0.25) is 0 Å². The molecule has 0 radical (unpaired) electrons. The molecule has 1 amide bonds. The van der Waals surface area contributed by atoms with Crippen LogP contribution in [0.3, 0.4) is 0 Å². The first-order chi connectivity index (χ1) is 12.7. The summed E-state index contributed by atoms with van der Waals surface area (Å²) >= 11 is 2.89. The van der Waals surface area contributed by atoms with Crippen molar-refractivity contribution < 1.29 is 9.21 Å². The summed E-state index contributed by atoms with van der Waals surface area (Å²) in [5.41, 5.74) is 2.27. The van der Waals surface area contributed by atoms with Crippen molar-refractivity contribution in [2.24, 2.45) is 0 Å². The van der Waals surface area contributed by atoms with Gasteiger partial charge in [-0.25, -0.2) is 0 Å². The number of hydrogen-bond donors (Lipinski definition) is 1. The maximum atomic E-state index is 12.8. The van der Waals surface area contributed by atoms with E-state index in [1.54, 1.807) is 6.26 Å². The van der Waals surface area contributed by atoms with Crippen molar-refractivity contribution in [1.82, 2.24) is 10.2 Å². The van der Waals surface area contributed by atoms with E-state index >= 15 is 0 Å². The predicted molar refractivity (Wildman–Crippen MR) is 104 cm³/mol. The number of thioether (sulfide) groups is 1. The van der Waals surface area contributed by atoms with E-state index in [0.717, 1.165) is 33.9 Å². The molecule has 3 aromatic rings. The zero-order valence-corrected chi connectivity index (χ0v) is 15.8. The van der Waals surface area contributed by atoms with Crippen LogP contribution in [0.1, 0.15) is 18.2 Å². The summed E-state index contributed by atoms with van der Waals surface area (Å²) in [4.78, 5) is 14.7. The van der Waals surface area contributed by atoms with Gasteiger partial charge in [0.05, 0.1) is 18.1 Å². The van der Waals surface area contributed by atoms with Crippen molar-refractivity contribution in [1.29, 1.82) is 0 Å². The number of nitrogens with zero attached hydrogens (tertiary/aromatic N) is 3. The van der Waals surface area contributed by atoms with Gasteiger partial charge in [0.25, 0.3) is 0 Å². The lowest BCUT2D eigenvalue weighted by Gasteiger charge is -2.20. The number of aromatic nitrogens is 2. The van der Waals surface area contributed by atoms with Crippen LogP contribution in [0.15, 0.2) is 51.4 Å². The van der Waals surface area contributed by atoms with Crippen LogP contribution in [0.4, 0.5) is 10.8 Å². The van der Waals surface area contributed by atoms with Gasteiger partial charge in [-0.1, -0.05) is 41.3 Å². The van der Waals surface area contributed by atoms with Gasteiger partial charge < -0.3 is 14.6 Å². The minimum absolute atomic E-state index is 0.111. The van der Waals surface area contributed by atoms with E-state index in [4.69, 9.17) is 4.42 Å². The number of carbonyl (C=O) groups excluding carboxylic acids is 1. The van der Waals surface area contributed by atoms with Gasteiger partial charge in [-0.3, -0.25) is 4.79 Å². The Morgan fingerprint density at radius 1 is 1.35 bits per heavy atom. The van der Waals surface area contributed by atoms with Crippen molar-refractivity contribution in [2.75, 3.05) is 16.8 Å². The lowest BCUT2D eigenvalue weighted by Crippen LogP contribution is -2.35. The molecule has 3 heterocycles. The van der Waals surface area contributed by atoms with Crippen LogP contribution in [0.25, 0.3) is 0 Å². The van der Waals surface area contributed by atoms with Crippen molar-refractivity contribution in [3.8, 4) is 0 Å². The van der Waals surface area contributed by atoms with Crippen molar-refractivity contribution in [2.45, 2.75) is 29.5 Å². The Balaban J connectivity index is 1.36. The van der Waals surface area contributed by atoms with E-state index in [1.165, 1.54) is 28.7 Å². The number of fused-ring (bicyclic) bond motifs is 1. The smallest absolute Gasteiger partial charge is 0.240 e. The van der Waals surface area contributed by atoms with Gasteiger partial charge in [-0.05, 0) is 37.1 Å². The molecule has 0 aliphatic carbocycles. The minimum atomic E-state index is -0.216. The quantitative estimate of drug-likeness (QED) is 0.650. The number of rotatable bonds is 6.